The number of nitrogens with two attached hydrogens (primary N) is 2. The van der Waals surface area contributed by atoms with Crippen LogP contribution in [0.25, 0.3) is 11.1 Å². The molecule has 0 saturated heterocycles. The van der Waals surface area contributed by atoms with Gasteiger partial charge in [-0.1, -0.05) is 24.3 Å². The normalized spacial score (nSPS) is 8.09. The quantitative estimate of drug-likeness (QED) is 0.619. The highest BCUT2D eigenvalue weighted by molar-refractivity contribution is 5.72. The molecule has 0 aliphatic heterocycles. The number of nitriles is 2. The number of ketones is 1. The van der Waals surface area contributed by atoms with E-state index in [4.69, 9.17) is 10.5 Å². The van der Waals surface area contributed by atoms with Gasteiger partial charge in [0.25, 0.3) is 0 Å². The SMILES string of the molecule is CC(C)=O.N#Cc1ccc(-c2ccc(C#N)cc2)cc1.NN. The average molecular weight is 294 g/mol. The van der Waals surface area contributed by atoms with Gasteiger partial charge in [-0.25, -0.2) is 0 Å². The molecule has 0 bridgehead atoms. The number of hydrazine groups is 1. The Kier molecular flexibility index (Phi) is 9.29. The van der Waals surface area contributed by atoms with Crippen LogP contribution in [0.1, 0.15) is 25.0 Å². The zero-order valence-corrected chi connectivity index (χ0v) is 12.6. The van der Waals surface area contributed by atoms with Crippen LogP contribution >= 0.6 is 0 Å². The number of carbonyl (C=O) groups excluding carboxylic acids is 1. The lowest BCUT2D eigenvalue weighted by atomic mass is 10.0. The van der Waals surface area contributed by atoms with Gasteiger partial charge in [0, 0.05) is 0 Å². The van der Waals surface area contributed by atoms with E-state index in [0.717, 1.165) is 11.1 Å². The molecule has 4 N–H and O–H groups in total. The molecule has 0 atom stereocenters. The molecule has 2 aromatic carbocycles. The Bertz CT molecular complexity index is 602. The van der Waals surface area contributed by atoms with Crippen LogP contribution in [-0.2, 0) is 4.79 Å². The molecule has 0 amide bonds. The van der Waals surface area contributed by atoms with E-state index in [1.165, 1.54) is 13.8 Å². The maximum atomic E-state index is 9.44. The first-order valence-electron chi connectivity index (χ1n) is 6.38. The molecule has 2 aromatic rings. The Morgan fingerprint density at radius 3 is 1.18 bits per heavy atom. The zero-order chi connectivity index (χ0) is 17.0. The second-order valence-electron chi connectivity index (χ2n) is 4.29. The van der Waals surface area contributed by atoms with Crippen molar-refractivity contribution in [2.75, 3.05) is 0 Å². The lowest BCUT2D eigenvalue weighted by Crippen LogP contribution is -2.02. The Balaban J connectivity index is 0.000000640. The largest absolute Gasteiger partial charge is 0.300 e. The number of hydrogen-bond acceptors (Lipinski definition) is 5. The summed E-state index contributed by atoms with van der Waals surface area (Å²) in [6.45, 7) is 3.06. The molecule has 0 radical (unpaired) electrons. The van der Waals surface area contributed by atoms with E-state index in [0.29, 0.717) is 11.1 Å². The third-order valence-corrected chi connectivity index (χ3v) is 2.36. The summed E-state index contributed by atoms with van der Waals surface area (Å²) in [5.74, 6) is 8.17. The molecule has 0 fully saturated rings. The third-order valence-electron chi connectivity index (χ3n) is 2.36. The van der Waals surface area contributed by atoms with Gasteiger partial charge in [-0.05, 0) is 49.2 Å². The van der Waals surface area contributed by atoms with E-state index >= 15 is 0 Å². The monoisotopic (exact) mass is 294 g/mol. The standard InChI is InChI=1S/C14H8N2.C3H6O.H4N2/c15-9-11-1-5-13(6-2-11)14-7-3-12(10-16)4-8-14;1-3(2)4;1-2/h1-8H;1-2H3;1-2H2. The van der Waals surface area contributed by atoms with Crippen molar-refractivity contribution in [1.82, 2.24) is 0 Å². The molecule has 2 rings (SSSR count). The maximum Gasteiger partial charge on any atom is 0.126 e. The van der Waals surface area contributed by atoms with Gasteiger partial charge >= 0.3 is 0 Å². The minimum absolute atomic E-state index is 0.167. The fraction of sp³-hybridized carbons (Fsp3) is 0.118. The van der Waals surface area contributed by atoms with Crippen LogP contribution < -0.4 is 11.7 Å². The summed E-state index contributed by atoms with van der Waals surface area (Å²) in [5, 5.41) is 17.4. The van der Waals surface area contributed by atoms with Crippen molar-refractivity contribution in [1.29, 1.82) is 10.5 Å². The maximum absolute atomic E-state index is 9.44. The van der Waals surface area contributed by atoms with Crippen LogP contribution in [0, 0.1) is 22.7 Å². The summed E-state index contributed by atoms with van der Waals surface area (Å²) in [7, 11) is 0. The van der Waals surface area contributed by atoms with Gasteiger partial charge in [0.15, 0.2) is 0 Å². The molecule has 0 unspecified atom stereocenters. The Morgan fingerprint density at radius 2 is 1.00 bits per heavy atom. The first-order valence-corrected chi connectivity index (χ1v) is 6.38. The molecule has 0 saturated carbocycles. The summed E-state index contributed by atoms with van der Waals surface area (Å²) in [5.41, 5.74) is 3.39. The van der Waals surface area contributed by atoms with E-state index in [1.807, 2.05) is 24.3 Å². The van der Waals surface area contributed by atoms with Gasteiger partial charge in [-0.2, -0.15) is 10.5 Å². The van der Waals surface area contributed by atoms with Gasteiger partial charge < -0.3 is 4.79 Å². The Labute approximate surface area is 130 Å². The number of nitrogens with zero attached hydrogens (tertiary/aromatic N) is 2. The summed E-state index contributed by atoms with van der Waals surface area (Å²) in [4.78, 5) is 9.44. The molecule has 0 heterocycles. The van der Waals surface area contributed by atoms with Crippen molar-refractivity contribution in [2.45, 2.75) is 13.8 Å². The van der Waals surface area contributed by atoms with Crippen molar-refractivity contribution < 1.29 is 4.79 Å². The molecule has 0 aliphatic rings. The molecule has 5 nitrogen and oxygen atoms in total. The molecular formula is C17H18N4O. The predicted octanol–water partition coefficient (Wildman–Crippen LogP) is 2.51. The lowest BCUT2D eigenvalue weighted by molar-refractivity contribution is -0.114. The molecule has 5 heteroatoms. The molecule has 0 aromatic heterocycles. The minimum atomic E-state index is 0.167. The van der Waals surface area contributed by atoms with Crippen molar-refractivity contribution in [2.24, 2.45) is 11.7 Å². The minimum Gasteiger partial charge on any atom is -0.300 e. The highest BCUT2D eigenvalue weighted by Gasteiger charge is 1.98. The van der Waals surface area contributed by atoms with Gasteiger partial charge in [0.1, 0.15) is 5.78 Å². The third kappa shape index (κ3) is 6.97. The number of carbonyl (C=O) groups is 1. The van der Waals surface area contributed by atoms with E-state index < -0.39 is 0 Å². The van der Waals surface area contributed by atoms with Crippen molar-refractivity contribution >= 4 is 5.78 Å². The van der Waals surface area contributed by atoms with E-state index in [9.17, 15) is 4.79 Å². The molecule has 0 spiro atoms. The van der Waals surface area contributed by atoms with Crippen LogP contribution in [0.15, 0.2) is 48.5 Å². The van der Waals surface area contributed by atoms with Gasteiger partial charge in [0.05, 0.1) is 23.3 Å². The first kappa shape index (κ1) is 19.0. The molecule has 22 heavy (non-hydrogen) atoms. The second-order valence-corrected chi connectivity index (χ2v) is 4.29. The van der Waals surface area contributed by atoms with Crippen molar-refractivity contribution in [3.8, 4) is 23.3 Å². The molecule has 112 valence electrons. The van der Waals surface area contributed by atoms with Crippen LogP contribution in [0.2, 0.25) is 0 Å². The number of hydrogen-bond donors (Lipinski definition) is 2. The summed E-state index contributed by atoms with van der Waals surface area (Å²) < 4.78 is 0. The fourth-order valence-corrected chi connectivity index (χ4v) is 1.47. The smallest absolute Gasteiger partial charge is 0.126 e. The zero-order valence-electron chi connectivity index (χ0n) is 12.6. The highest BCUT2D eigenvalue weighted by atomic mass is 16.1. The summed E-state index contributed by atoms with van der Waals surface area (Å²) in [6.07, 6.45) is 0. The van der Waals surface area contributed by atoms with E-state index in [-0.39, 0.29) is 5.78 Å². The lowest BCUT2D eigenvalue weighted by Gasteiger charge is -2.01. The van der Waals surface area contributed by atoms with E-state index in [2.05, 4.69) is 23.8 Å². The van der Waals surface area contributed by atoms with Crippen LogP contribution in [-0.4, -0.2) is 5.78 Å². The van der Waals surface area contributed by atoms with Crippen LogP contribution in [0.4, 0.5) is 0 Å². The summed E-state index contributed by atoms with van der Waals surface area (Å²) >= 11 is 0. The first-order chi connectivity index (χ1) is 10.6. The molecule has 0 aliphatic carbocycles. The Morgan fingerprint density at radius 1 is 0.773 bits per heavy atom. The fourth-order valence-electron chi connectivity index (χ4n) is 1.47. The van der Waals surface area contributed by atoms with Gasteiger partial charge in [0.2, 0.25) is 0 Å². The highest BCUT2D eigenvalue weighted by Crippen LogP contribution is 2.19. The van der Waals surface area contributed by atoms with Crippen LogP contribution in [0.5, 0.6) is 0 Å². The van der Waals surface area contributed by atoms with E-state index in [1.54, 1.807) is 24.3 Å². The average Bonchev–Trinajstić information content (AvgIpc) is 2.56. The number of benzene rings is 2. The van der Waals surface area contributed by atoms with Crippen molar-refractivity contribution in [3.63, 3.8) is 0 Å². The number of Topliss-reactive ketones (excluding diaryl/α,β-unsaturated/α-hetero) is 1. The predicted molar refractivity (Wildman–Crippen MR) is 86.0 cm³/mol. The van der Waals surface area contributed by atoms with Crippen LogP contribution in [0.3, 0.4) is 0 Å². The van der Waals surface area contributed by atoms with Crippen molar-refractivity contribution in [3.05, 3.63) is 59.7 Å². The summed E-state index contributed by atoms with van der Waals surface area (Å²) in [6, 6.07) is 18.9. The van der Waals surface area contributed by atoms with Gasteiger partial charge in [-0.3, -0.25) is 11.7 Å². The topological polar surface area (TPSA) is 117 Å². The van der Waals surface area contributed by atoms with Gasteiger partial charge in [-0.15, -0.1) is 0 Å². The second kappa shape index (κ2) is 10.8. The Hall–Kier alpha value is -2.99. The number of rotatable bonds is 1. The molecular weight excluding hydrogens is 276 g/mol.